The lowest BCUT2D eigenvalue weighted by atomic mass is 9.91. The van der Waals surface area contributed by atoms with Crippen molar-refractivity contribution in [2.75, 3.05) is 5.01 Å². The second kappa shape index (κ2) is 9.13. The normalized spacial score (nSPS) is 16.9. The fourth-order valence-corrected chi connectivity index (χ4v) is 3.44. The maximum atomic E-state index is 13.1. The molecule has 2 aromatic carbocycles. The van der Waals surface area contributed by atoms with Crippen molar-refractivity contribution >= 4 is 45.3 Å². The Balaban J connectivity index is 1.89. The number of amides is 1. The van der Waals surface area contributed by atoms with Crippen LogP contribution in [0.1, 0.15) is 31.7 Å². The highest BCUT2D eigenvalue weighted by molar-refractivity contribution is 9.10. The van der Waals surface area contributed by atoms with E-state index in [0.717, 1.165) is 10.9 Å². The van der Waals surface area contributed by atoms with E-state index in [4.69, 9.17) is 0 Å². The second-order valence-electron chi connectivity index (χ2n) is 6.75. The highest BCUT2D eigenvalue weighted by Crippen LogP contribution is 2.30. The van der Waals surface area contributed by atoms with Crippen molar-refractivity contribution in [3.63, 3.8) is 0 Å². The van der Waals surface area contributed by atoms with Crippen molar-refractivity contribution in [1.82, 2.24) is 0 Å². The molecule has 150 valence electrons. The van der Waals surface area contributed by atoms with E-state index in [1.54, 1.807) is 12.1 Å². The van der Waals surface area contributed by atoms with Crippen LogP contribution in [0.5, 0.6) is 0 Å². The topological polar surface area (TPSA) is 70.0 Å². The molecule has 0 saturated heterocycles. The van der Waals surface area contributed by atoms with Crippen LogP contribution in [0.25, 0.3) is 6.08 Å². The van der Waals surface area contributed by atoms with Crippen LogP contribution in [0.3, 0.4) is 0 Å². The zero-order valence-electron chi connectivity index (χ0n) is 15.8. The van der Waals surface area contributed by atoms with E-state index < -0.39 is 17.7 Å². The number of rotatable bonds is 7. The molecule has 1 amide bonds. The van der Waals surface area contributed by atoms with Crippen molar-refractivity contribution in [1.29, 1.82) is 0 Å². The highest BCUT2D eigenvalue weighted by atomic mass is 79.9. The molecule has 0 aromatic heterocycles. The van der Waals surface area contributed by atoms with Crippen molar-refractivity contribution in [2.45, 2.75) is 26.2 Å². The largest absolute Gasteiger partial charge is 0.478 e. The molecule has 1 heterocycles. The minimum atomic E-state index is -1.11. The molecule has 5 nitrogen and oxygen atoms in total. The van der Waals surface area contributed by atoms with E-state index in [-0.39, 0.29) is 17.9 Å². The third-order valence-electron chi connectivity index (χ3n) is 4.62. The molecule has 0 aliphatic carbocycles. The Morgan fingerprint density at radius 3 is 2.45 bits per heavy atom. The van der Waals surface area contributed by atoms with Gasteiger partial charge in [-0.05, 0) is 60.9 Å². The third-order valence-corrected chi connectivity index (χ3v) is 5.15. The molecular formula is C22H20BrFN2O3. The summed E-state index contributed by atoms with van der Waals surface area (Å²) in [6.07, 6.45) is 2.89. The summed E-state index contributed by atoms with van der Waals surface area (Å²) < 4.78 is 14.0. The molecule has 7 heteroatoms. The van der Waals surface area contributed by atoms with E-state index in [2.05, 4.69) is 21.0 Å². The molecular weight excluding hydrogens is 439 g/mol. The Bertz CT molecular complexity index is 969. The van der Waals surface area contributed by atoms with Gasteiger partial charge in [-0.3, -0.25) is 4.79 Å². The Labute approximate surface area is 176 Å². The zero-order valence-corrected chi connectivity index (χ0v) is 17.4. The third kappa shape index (κ3) is 4.98. The monoisotopic (exact) mass is 458 g/mol. The molecule has 3 rings (SSSR count). The molecule has 1 aliphatic rings. The molecule has 0 saturated carbocycles. The lowest BCUT2D eigenvalue weighted by molar-refractivity contribution is -0.132. The van der Waals surface area contributed by atoms with Crippen LogP contribution >= 0.6 is 15.9 Å². The quantitative estimate of drug-likeness (QED) is 0.574. The molecule has 0 spiro atoms. The van der Waals surface area contributed by atoms with Crippen molar-refractivity contribution < 1.29 is 19.1 Å². The van der Waals surface area contributed by atoms with E-state index in [0.29, 0.717) is 23.4 Å². The van der Waals surface area contributed by atoms with Crippen LogP contribution < -0.4 is 5.01 Å². The summed E-state index contributed by atoms with van der Waals surface area (Å²) in [5.74, 6) is -2.39. The van der Waals surface area contributed by atoms with Gasteiger partial charge in [-0.25, -0.2) is 14.2 Å². The first kappa shape index (κ1) is 20.9. The number of aliphatic carboxylic acids is 1. The Hall–Kier alpha value is -2.80. The smallest absolute Gasteiger partial charge is 0.331 e. The van der Waals surface area contributed by atoms with E-state index in [1.807, 2.05) is 19.1 Å². The number of halogens is 2. The number of carbonyl (C=O) groups excluding carboxylic acids is 1. The number of carboxylic acid groups (broad SMARTS) is 1. The van der Waals surface area contributed by atoms with Gasteiger partial charge in [-0.2, -0.15) is 5.10 Å². The van der Waals surface area contributed by atoms with Gasteiger partial charge in [-0.15, -0.1) is 0 Å². The Morgan fingerprint density at radius 1 is 1.21 bits per heavy atom. The van der Waals surface area contributed by atoms with Crippen LogP contribution in [-0.2, 0) is 9.59 Å². The SMILES string of the molecule is CCCC1=NN(c2ccc(Br)cc2)C(=O)C1C/C(=C/c1ccc(F)cc1)C(=O)O. The number of nitrogens with zero attached hydrogens (tertiary/aromatic N) is 2. The maximum Gasteiger partial charge on any atom is 0.331 e. The molecule has 0 radical (unpaired) electrons. The summed E-state index contributed by atoms with van der Waals surface area (Å²) in [5.41, 5.74) is 1.95. The summed E-state index contributed by atoms with van der Waals surface area (Å²) >= 11 is 3.37. The predicted octanol–water partition coefficient (Wildman–Crippen LogP) is 5.27. The molecule has 1 atom stereocenters. The average molecular weight is 459 g/mol. The zero-order chi connectivity index (χ0) is 21.0. The number of hydrazone groups is 1. The molecule has 1 aliphatic heterocycles. The molecule has 0 bridgehead atoms. The van der Waals surface area contributed by atoms with Gasteiger partial charge in [0, 0.05) is 10.0 Å². The van der Waals surface area contributed by atoms with Crippen LogP contribution in [0, 0.1) is 11.7 Å². The number of carboxylic acids is 1. The number of hydrogen-bond acceptors (Lipinski definition) is 3. The van der Waals surface area contributed by atoms with E-state index in [9.17, 15) is 19.1 Å². The van der Waals surface area contributed by atoms with Crippen LogP contribution in [0.15, 0.2) is 63.7 Å². The van der Waals surface area contributed by atoms with Crippen molar-refractivity contribution in [3.05, 3.63) is 70.0 Å². The predicted molar refractivity (Wildman–Crippen MR) is 114 cm³/mol. The second-order valence-corrected chi connectivity index (χ2v) is 7.67. The number of carbonyl (C=O) groups is 2. The highest BCUT2D eigenvalue weighted by Gasteiger charge is 2.37. The van der Waals surface area contributed by atoms with Crippen LogP contribution in [-0.4, -0.2) is 22.7 Å². The van der Waals surface area contributed by atoms with Crippen molar-refractivity contribution in [3.8, 4) is 0 Å². The molecule has 1 unspecified atom stereocenters. The summed E-state index contributed by atoms with van der Waals surface area (Å²) in [6, 6.07) is 12.8. The first-order chi connectivity index (χ1) is 13.9. The van der Waals surface area contributed by atoms with Gasteiger partial charge in [0.15, 0.2) is 0 Å². The van der Waals surface area contributed by atoms with Gasteiger partial charge in [0.05, 0.1) is 17.3 Å². The van der Waals surface area contributed by atoms with Gasteiger partial charge >= 0.3 is 5.97 Å². The summed E-state index contributed by atoms with van der Waals surface area (Å²) in [4.78, 5) is 24.9. The minimum Gasteiger partial charge on any atom is -0.478 e. The lowest BCUT2D eigenvalue weighted by Crippen LogP contribution is -2.28. The Morgan fingerprint density at radius 2 is 1.86 bits per heavy atom. The van der Waals surface area contributed by atoms with Gasteiger partial charge < -0.3 is 5.11 Å². The van der Waals surface area contributed by atoms with Gasteiger partial charge in [0.2, 0.25) is 0 Å². The molecule has 1 N–H and O–H groups in total. The first-order valence-electron chi connectivity index (χ1n) is 9.25. The standard InChI is InChI=1S/C22H20BrFN2O3/c1-2-3-20-19(21(27)26(25-20)18-10-6-16(23)7-11-18)13-15(22(28)29)12-14-4-8-17(24)9-5-14/h4-12,19H,2-3,13H2,1H3,(H,28,29)/b15-12-. The fourth-order valence-electron chi connectivity index (χ4n) is 3.18. The lowest BCUT2D eigenvalue weighted by Gasteiger charge is -2.15. The van der Waals surface area contributed by atoms with Gasteiger partial charge in [0.1, 0.15) is 5.82 Å². The minimum absolute atomic E-state index is 0.0252. The summed E-state index contributed by atoms with van der Waals surface area (Å²) in [6.45, 7) is 1.98. The van der Waals surface area contributed by atoms with E-state index >= 15 is 0 Å². The number of benzene rings is 2. The van der Waals surface area contributed by atoms with Gasteiger partial charge in [0.25, 0.3) is 5.91 Å². The fraction of sp³-hybridized carbons (Fsp3) is 0.227. The molecule has 0 fully saturated rings. The summed E-state index contributed by atoms with van der Waals surface area (Å²) in [7, 11) is 0. The summed E-state index contributed by atoms with van der Waals surface area (Å²) in [5, 5.41) is 15.5. The molecule has 2 aromatic rings. The number of hydrogen-bond donors (Lipinski definition) is 1. The van der Waals surface area contributed by atoms with Crippen LogP contribution in [0.2, 0.25) is 0 Å². The van der Waals surface area contributed by atoms with Crippen LogP contribution in [0.4, 0.5) is 10.1 Å². The van der Waals surface area contributed by atoms with E-state index in [1.165, 1.54) is 35.4 Å². The Kier molecular flexibility index (Phi) is 6.59. The average Bonchev–Trinajstić information content (AvgIpc) is 2.99. The van der Waals surface area contributed by atoms with Crippen molar-refractivity contribution in [2.24, 2.45) is 11.0 Å². The molecule has 29 heavy (non-hydrogen) atoms. The maximum absolute atomic E-state index is 13.1. The first-order valence-corrected chi connectivity index (χ1v) is 10.0. The number of anilines is 1. The van der Waals surface area contributed by atoms with Gasteiger partial charge in [-0.1, -0.05) is 41.4 Å².